The molecule has 0 aliphatic rings. The van der Waals surface area contributed by atoms with E-state index in [2.05, 4.69) is 10.6 Å². The van der Waals surface area contributed by atoms with E-state index >= 15 is 0 Å². The molecule has 0 heterocycles. The number of carbonyl (C=O) groups excluding carboxylic acids is 2. The highest BCUT2D eigenvalue weighted by molar-refractivity contribution is 6.32. The van der Waals surface area contributed by atoms with Crippen LogP contribution in [0.2, 0.25) is 10.0 Å². The number of anilines is 1. The van der Waals surface area contributed by atoms with Gasteiger partial charge in [-0.1, -0.05) is 35.3 Å². The first-order valence-corrected chi connectivity index (χ1v) is 10.7. The van der Waals surface area contributed by atoms with Crippen molar-refractivity contribution in [2.45, 2.75) is 0 Å². The van der Waals surface area contributed by atoms with Gasteiger partial charge in [-0.2, -0.15) is 0 Å². The van der Waals surface area contributed by atoms with Crippen molar-refractivity contribution in [3.8, 4) is 11.5 Å². The summed E-state index contributed by atoms with van der Waals surface area (Å²) in [5, 5.41) is 16.9. The second-order valence-corrected chi connectivity index (χ2v) is 7.86. The van der Waals surface area contributed by atoms with Crippen LogP contribution in [0.1, 0.15) is 15.9 Å². The summed E-state index contributed by atoms with van der Waals surface area (Å²) in [7, 11) is 2.85. The van der Waals surface area contributed by atoms with Gasteiger partial charge in [0.2, 0.25) is 0 Å². The van der Waals surface area contributed by atoms with Crippen molar-refractivity contribution in [1.29, 1.82) is 0 Å². The quantitative estimate of drug-likeness (QED) is 0.237. The van der Waals surface area contributed by atoms with E-state index in [1.807, 2.05) is 0 Å². The maximum atomic E-state index is 13.1. The molecule has 180 valence electrons. The van der Waals surface area contributed by atoms with Crippen LogP contribution in [0.5, 0.6) is 11.5 Å². The van der Waals surface area contributed by atoms with Crippen LogP contribution in [0.15, 0.2) is 66.4 Å². The van der Waals surface area contributed by atoms with Gasteiger partial charge >= 0.3 is 0 Å². The monoisotopic (exact) mass is 515 g/mol. The van der Waals surface area contributed by atoms with E-state index < -0.39 is 16.7 Å². The van der Waals surface area contributed by atoms with E-state index in [4.69, 9.17) is 32.7 Å². The molecule has 0 saturated carbocycles. The first-order valence-electron chi connectivity index (χ1n) is 9.97. The fourth-order valence-electron chi connectivity index (χ4n) is 3.04. The summed E-state index contributed by atoms with van der Waals surface area (Å²) in [4.78, 5) is 36.7. The summed E-state index contributed by atoms with van der Waals surface area (Å²) >= 11 is 12.2. The largest absolute Gasteiger partial charge is 0.496 e. The molecule has 0 aliphatic carbocycles. The number of carbonyl (C=O) groups is 2. The lowest BCUT2D eigenvalue weighted by molar-refractivity contribution is -0.384. The number of nitrogens with one attached hydrogen (secondary N) is 2. The number of ether oxygens (including phenoxy) is 2. The van der Waals surface area contributed by atoms with Gasteiger partial charge < -0.3 is 20.1 Å². The Bertz CT molecular complexity index is 1330. The van der Waals surface area contributed by atoms with Gasteiger partial charge in [0.15, 0.2) is 0 Å². The smallest absolute Gasteiger partial charge is 0.272 e. The molecule has 2 N–H and O–H groups in total. The highest BCUT2D eigenvalue weighted by atomic mass is 35.5. The van der Waals surface area contributed by atoms with Crippen LogP contribution in [0.25, 0.3) is 6.08 Å². The Morgan fingerprint density at radius 1 is 0.971 bits per heavy atom. The van der Waals surface area contributed by atoms with Gasteiger partial charge in [-0.15, -0.1) is 0 Å². The number of nitro benzene ring substituents is 1. The Balaban J connectivity index is 1.98. The summed E-state index contributed by atoms with van der Waals surface area (Å²) in [6.45, 7) is 0. The van der Waals surface area contributed by atoms with Gasteiger partial charge in [0.25, 0.3) is 17.5 Å². The highest BCUT2D eigenvalue weighted by Gasteiger charge is 2.19. The number of hydrogen-bond acceptors (Lipinski definition) is 6. The van der Waals surface area contributed by atoms with E-state index in [0.717, 1.165) is 0 Å². The van der Waals surface area contributed by atoms with E-state index in [0.29, 0.717) is 17.0 Å². The van der Waals surface area contributed by atoms with Crippen LogP contribution in [0, 0.1) is 10.1 Å². The molecule has 0 saturated heterocycles. The van der Waals surface area contributed by atoms with Crippen molar-refractivity contribution in [3.63, 3.8) is 0 Å². The molecule has 3 aromatic carbocycles. The number of halogens is 2. The van der Waals surface area contributed by atoms with Crippen LogP contribution < -0.4 is 20.1 Å². The summed E-state index contributed by atoms with van der Waals surface area (Å²) in [6.07, 6.45) is 1.31. The zero-order chi connectivity index (χ0) is 25.5. The van der Waals surface area contributed by atoms with Gasteiger partial charge in [-0.25, -0.2) is 0 Å². The summed E-state index contributed by atoms with van der Waals surface area (Å²) < 4.78 is 10.3. The van der Waals surface area contributed by atoms with Crippen LogP contribution in [0.3, 0.4) is 0 Å². The number of hydrogen-bond donors (Lipinski definition) is 2. The molecule has 0 fully saturated rings. The molecule has 0 radical (unpaired) electrons. The number of rotatable bonds is 8. The minimum absolute atomic E-state index is 0.0882. The van der Waals surface area contributed by atoms with Crippen LogP contribution in [-0.2, 0) is 4.79 Å². The number of non-ortho nitro benzene ring substituents is 1. The zero-order valence-electron chi connectivity index (χ0n) is 18.5. The Hall–Kier alpha value is -4.08. The van der Waals surface area contributed by atoms with Gasteiger partial charge in [-0.05, 0) is 48.0 Å². The third kappa shape index (κ3) is 6.50. The molecule has 2 amide bonds. The third-order valence-corrected chi connectivity index (χ3v) is 5.23. The standard InChI is InChI=1S/C24H19Cl2N3O6/c1-34-21-8-6-15(25)12-18(21)23(30)28-20(11-14-4-3-5-17(10-14)29(32)33)24(31)27-16-7-9-22(35-2)19(26)13-16/h3-13H,1-2H3,(H,27,31)(H,28,30)/b20-11-. The molecule has 0 bridgehead atoms. The maximum Gasteiger partial charge on any atom is 0.272 e. The zero-order valence-corrected chi connectivity index (χ0v) is 20.0. The fourth-order valence-corrected chi connectivity index (χ4v) is 3.47. The second-order valence-electron chi connectivity index (χ2n) is 7.01. The average Bonchev–Trinajstić information content (AvgIpc) is 2.83. The fraction of sp³-hybridized carbons (Fsp3) is 0.0833. The molecule has 35 heavy (non-hydrogen) atoms. The topological polar surface area (TPSA) is 120 Å². The second kappa shape index (κ2) is 11.4. The Labute approximate surface area is 210 Å². The van der Waals surface area contributed by atoms with E-state index in [-0.39, 0.29) is 32.7 Å². The van der Waals surface area contributed by atoms with Gasteiger partial charge in [0.1, 0.15) is 17.2 Å². The Kier molecular flexibility index (Phi) is 8.30. The third-order valence-electron chi connectivity index (χ3n) is 4.70. The molecule has 0 spiro atoms. The van der Waals surface area contributed by atoms with E-state index in [1.54, 1.807) is 24.3 Å². The molecule has 0 aromatic heterocycles. The van der Waals surface area contributed by atoms with Crippen molar-refractivity contribution in [3.05, 3.63) is 97.6 Å². The van der Waals surface area contributed by atoms with Crippen LogP contribution in [0.4, 0.5) is 11.4 Å². The molecular weight excluding hydrogens is 497 g/mol. The normalized spacial score (nSPS) is 10.9. The first kappa shape index (κ1) is 25.5. The van der Waals surface area contributed by atoms with E-state index in [9.17, 15) is 19.7 Å². The van der Waals surface area contributed by atoms with Gasteiger partial charge in [0, 0.05) is 22.8 Å². The number of nitro groups is 1. The average molecular weight is 516 g/mol. The molecule has 0 unspecified atom stereocenters. The lowest BCUT2D eigenvalue weighted by Crippen LogP contribution is -2.31. The molecular formula is C24H19Cl2N3O6. The van der Waals surface area contributed by atoms with Gasteiger partial charge in [0.05, 0.1) is 29.7 Å². The van der Waals surface area contributed by atoms with Gasteiger partial charge in [-0.3, -0.25) is 19.7 Å². The lowest BCUT2D eigenvalue weighted by Gasteiger charge is -2.14. The summed E-state index contributed by atoms with van der Waals surface area (Å²) in [5.41, 5.74) is 0.369. The molecule has 0 aliphatic heterocycles. The van der Waals surface area contributed by atoms with Crippen LogP contribution >= 0.6 is 23.2 Å². The molecule has 3 rings (SSSR count). The minimum Gasteiger partial charge on any atom is -0.496 e. The van der Waals surface area contributed by atoms with Crippen molar-refractivity contribution < 1.29 is 24.0 Å². The number of methoxy groups -OCH3 is 2. The number of amides is 2. The predicted molar refractivity (Wildman–Crippen MR) is 133 cm³/mol. The number of benzene rings is 3. The summed E-state index contributed by atoms with van der Waals surface area (Å²) in [5.74, 6) is -0.724. The highest BCUT2D eigenvalue weighted by Crippen LogP contribution is 2.28. The summed E-state index contributed by atoms with van der Waals surface area (Å²) in [6, 6.07) is 14.7. The van der Waals surface area contributed by atoms with Crippen molar-refractivity contribution in [1.82, 2.24) is 5.32 Å². The maximum absolute atomic E-state index is 13.1. The van der Waals surface area contributed by atoms with Crippen molar-refractivity contribution >= 4 is 52.5 Å². The number of nitrogens with zero attached hydrogens (tertiary/aromatic N) is 1. The Morgan fingerprint density at radius 2 is 1.69 bits per heavy atom. The van der Waals surface area contributed by atoms with Crippen molar-refractivity contribution in [2.24, 2.45) is 0 Å². The Morgan fingerprint density at radius 3 is 2.34 bits per heavy atom. The van der Waals surface area contributed by atoms with Crippen LogP contribution in [-0.4, -0.2) is 31.0 Å². The molecule has 3 aromatic rings. The van der Waals surface area contributed by atoms with E-state index in [1.165, 1.54) is 56.7 Å². The molecule has 0 atom stereocenters. The molecule has 9 nitrogen and oxygen atoms in total. The first-order chi connectivity index (χ1) is 16.7. The predicted octanol–water partition coefficient (Wildman–Crippen LogP) is 5.33. The SMILES string of the molecule is COc1ccc(NC(=O)/C(=C/c2cccc([N+](=O)[O-])c2)NC(=O)c2cc(Cl)ccc2OC)cc1Cl. The minimum atomic E-state index is -0.702. The molecule has 11 heteroatoms. The lowest BCUT2D eigenvalue weighted by atomic mass is 10.1. The van der Waals surface area contributed by atoms with Crippen molar-refractivity contribution in [2.75, 3.05) is 19.5 Å².